The lowest BCUT2D eigenvalue weighted by atomic mass is 9.88. The van der Waals surface area contributed by atoms with Gasteiger partial charge in [0.15, 0.2) is 11.5 Å². The molecule has 0 atom stereocenters. The molecule has 1 aromatic rings. The summed E-state index contributed by atoms with van der Waals surface area (Å²) in [5, 5.41) is 10.1. The van der Waals surface area contributed by atoms with Gasteiger partial charge in [0.25, 0.3) is 0 Å². The first-order valence-electron chi connectivity index (χ1n) is 6.04. The Hall–Kier alpha value is -1.42. The van der Waals surface area contributed by atoms with E-state index < -0.39 is 6.09 Å². The van der Waals surface area contributed by atoms with E-state index in [2.05, 4.69) is 20.8 Å². The molecule has 5 heteroatoms. The molecule has 0 aliphatic rings. The molecule has 0 bridgehead atoms. The number of benzene rings is 1. The molecule has 1 amide bonds. The van der Waals surface area contributed by atoms with E-state index in [1.807, 2.05) is 6.07 Å². The SMILES string of the molecule is CN(CCl)C(=O)Oc1cccc(CC(C)(C)C)c1O. The van der Waals surface area contributed by atoms with Crippen LogP contribution in [0.3, 0.4) is 0 Å². The average Bonchev–Trinajstić information content (AvgIpc) is 2.31. The van der Waals surface area contributed by atoms with Crippen molar-refractivity contribution in [3.05, 3.63) is 23.8 Å². The molecule has 0 aliphatic carbocycles. The number of aromatic hydroxyl groups is 1. The van der Waals surface area contributed by atoms with E-state index >= 15 is 0 Å². The summed E-state index contributed by atoms with van der Waals surface area (Å²) in [5.74, 6) is 0.164. The number of hydrogen-bond acceptors (Lipinski definition) is 3. The van der Waals surface area contributed by atoms with Crippen LogP contribution in [0.4, 0.5) is 4.79 Å². The average molecular weight is 286 g/mol. The highest BCUT2D eigenvalue weighted by molar-refractivity contribution is 6.18. The zero-order chi connectivity index (χ0) is 14.6. The summed E-state index contributed by atoms with van der Waals surface area (Å²) in [6, 6.07) is 5.16. The summed E-state index contributed by atoms with van der Waals surface area (Å²) in [6.45, 7) is 6.23. The maximum atomic E-state index is 11.6. The first-order valence-corrected chi connectivity index (χ1v) is 6.58. The van der Waals surface area contributed by atoms with Crippen LogP contribution >= 0.6 is 11.6 Å². The number of rotatable bonds is 3. The Bertz CT molecular complexity index is 454. The fraction of sp³-hybridized carbons (Fsp3) is 0.500. The van der Waals surface area contributed by atoms with E-state index in [1.165, 1.54) is 11.9 Å². The Morgan fingerprint density at radius 2 is 2.05 bits per heavy atom. The maximum Gasteiger partial charge on any atom is 0.416 e. The predicted molar refractivity (Wildman–Crippen MR) is 75.8 cm³/mol. The van der Waals surface area contributed by atoms with E-state index in [0.29, 0.717) is 6.42 Å². The highest BCUT2D eigenvalue weighted by Crippen LogP contribution is 2.34. The normalized spacial score (nSPS) is 11.2. The van der Waals surface area contributed by atoms with E-state index in [-0.39, 0.29) is 22.9 Å². The third kappa shape index (κ3) is 4.63. The smallest absolute Gasteiger partial charge is 0.416 e. The summed E-state index contributed by atoms with van der Waals surface area (Å²) in [7, 11) is 1.52. The Kier molecular flexibility index (Phi) is 5.06. The fourth-order valence-electron chi connectivity index (χ4n) is 1.58. The van der Waals surface area contributed by atoms with E-state index in [4.69, 9.17) is 16.3 Å². The molecular weight excluding hydrogens is 266 g/mol. The van der Waals surface area contributed by atoms with Crippen LogP contribution < -0.4 is 4.74 Å². The first kappa shape index (κ1) is 15.6. The number of amides is 1. The molecule has 1 aromatic carbocycles. The van der Waals surface area contributed by atoms with Gasteiger partial charge in [-0.3, -0.25) is 4.90 Å². The number of halogens is 1. The summed E-state index contributed by atoms with van der Waals surface area (Å²) in [6.07, 6.45) is 0.0912. The number of carbonyl (C=O) groups excluding carboxylic acids is 1. The van der Waals surface area contributed by atoms with Gasteiger partial charge in [0.2, 0.25) is 0 Å². The Balaban J connectivity index is 2.92. The molecule has 0 saturated carbocycles. The van der Waals surface area contributed by atoms with Crippen molar-refractivity contribution in [2.75, 3.05) is 13.1 Å². The quantitative estimate of drug-likeness (QED) is 0.682. The Labute approximate surface area is 118 Å². The van der Waals surface area contributed by atoms with Crippen LogP contribution in [0.2, 0.25) is 0 Å². The molecule has 1 N–H and O–H groups in total. The zero-order valence-corrected chi connectivity index (χ0v) is 12.5. The van der Waals surface area contributed by atoms with Crippen molar-refractivity contribution in [1.29, 1.82) is 0 Å². The molecule has 0 saturated heterocycles. The Morgan fingerprint density at radius 3 is 2.58 bits per heavy atom. The van der Waals surface area contributed by atoms with Crippen molar-refractivity contribution < 1.29 is 14.6 Å². The molecule has 0 heterocycles. The van der Waals surface area contributed by atoms with Gasteiger partial charge < -0.3 is 9.84 Å². The minimum absolute atomic E-state index is 0.00810. The van der Waals surface area contributed by atoms with Crippen molar-refractivity contribution in [2.24, 2.45) is 5.41 Å². The van der Waals surface area contributed by atoms with Gasteiger partial charge in [-0.15, -0.1) is 11.6 Å². The standard InChI is InChI=1S/C14H20ClNO3/c1-14(2,3)8-10-6-5-7-11(12(10)17)19-13(18)16(4)9-15/h5-7,17H,8-9H2,1-4H3. The largest absolute Gasteiger partial charge is 0.504 e. The highest BCUT2D eigenvalue weighted by atomic mass is 35.5. The van der Waals surface area contributed by atoms with Gasteiger partial charge in [-0.1, -0.05) is 32.9 Å². The number of ether oxygens (including phenoxy) is 1. The molecule has 0 fully saturated rings. The molecule has 0 unspecified atom stereocenters. The summed E-state index contributed by atoms with van der Waals surface area (Å²) in [5.41, 5.74) is 0.791. The highest BCUT2D eigenvalue weighted by Gasteiger charge is 2.18. The van der Waals surface area contributed by atoms with Gasteiger partial charge in [0.1, 0.15) is 0 Å². The third-order valence-corrected chi connectivity index (χ3v) is 2.85. The number of para-hydroxylation sites is 1. The molecular formula is C14H20ClNO3. The summed E-state index contributed by atoms with van der Waals surface area (Å²) < 4.78 is 5.11. The first-order chi connectivity index (χ1) is 8.74. The topological polar surface area (TPSA) is 49.8 Å². The molecule has 1 rings (SSSR count). The number of hydrogen-bond donors (Lipinski definition) is 1. The molecule has 0 aromatic heterocycles. The number of carbonyl (C=O) groups is 1. The maximum absolute atomic E-state index is 11.6. The number of alkyl halides is 1. The van der Waals surface area contributed by atoms with Crippen molar-refractivity contribution in [1.82, 2.24) is 4.90 Å². The third-order valence-electron chi connectivity index (χ3n) is 2.49. The minimum atomic E-state index is -0.599. The van der Waals surface area contributed by atoms with Gasteiger partial charge in [0.05, 0.1) is 6.00 Å². The van der Waals surface area contributed by atoms with Crippen LogP contribution in [0.25, 0.3) is 0 Å². The molecule has 0 aliphatic heterocycles. The van der Waals surface area contributed by atoms with Crippen LogP contribution in [-0.4, -0.2) is 29.2 Å². The molecule has 19 heavy (non-hydrogen) atoms. The molecule has 4 nitrogen and oxygen atoms in total. The molecule has 0 radical (unpaired) electrons. The van der Waals surface area contributed by atoms with Crippen LogP contribution in [0.5, 0.6) is 11.5 Å². The van der Waals surface area contributed by atoms with Gasteiger partial charge in [0, 0.05) is 7.05 Å². The second-order valence-electron chi connectivity index (χ2n) is 5.69. The summed E-state index contributed by atoms with van der Waals surface area (Å²) in [4.78, 5) is 12.8. The van der Waals surface area contributed by atoms with Crippen LogP contribution in [0.1, 0.15) is 26.3 Å². The minimum Gasteiger partial charge on any atom is -0.504 e. The van der Waals surface area contributed by atoms with Gasteiger partial charge in [-0.25, -0.2) is 4.79 Å². The number of phenols is 1. The molecule has 0 spiro atoms. The van der Waals surface area contributed by atoms with E-state index in [1.54, 1.807) is 12.1 Å². The van der Waals surface area contributed by atoms with E-state index in [9.17, 15) is 9.90 Å². The lowest BCUT2D eigenvalue weighted by Crippen LogP contribution is -2.28. The van der Waals surface area contributed by atoms with Crippen molar-refractivity contribution in [3.63, 3.8) is 0 Å². The number of nitrogens with zero attached hydrogens (tertiary/aromatic N) is 1. The number of phenolic OH excluding ortho intramolecular Hbond substituents is 1. The monoisotopic (exact) mass is 285 g/mol. The van der Waals surface area contributed by atoms with Gasteiger partial charge in [-0.2, -0.15) is 0 Å². The van der Waals surface area contributed by atoms with Gasteiger partial charge in [-0.05, 0) is 23.5 Å². The van der Waals surface area contributed by atoms with Crippen molar-refractivity contribution in [2.45, 2.75) is 27.2 Å². The predicted octanol–water partition coefficient (Wildman–Crippen LogP) is 3.61. The van der Waals surface area contributed by atoms with E-state index in [0.717, 1.165) is 5.56 Å². The lowest BCUT2D eigenvalue weighted by Gasteiger charge is -2.20. The lowest BCUT2D eigenvalue weighted by molar-refractivity contribution is 0.167. The zero-order valence-electron chi connectivity index (χ0n) is 11.7. The van der Waals surface area contributed by atoms with Crippen LogP contribution in [0.15, 0.2) is 18.2 Å². The second kappa shape index (κ2) is 6.15. The summed E-state index contributed by atoms with van der Waals surface area (Å²) >= 11 is 5.53. The van der Waals surface area contributed by atoms with Gasteiger partial charge >= 0.3 is 6.09 Å². The van der Waals surface area contributed by atoms with Crippen LogP contribution in [-0.2, 0) is 6.42 Å². The van der Waals surface area contributed by atoms with Crippen molar-refractivity contribution in [3.8, 4) is 11.5 Å². The molecule has 106 valence electrons. The fourth-order valence-corrected chi connectivity index (χ4v) is 1.68. The van der Waals surface area contributed by atoms with Crippen molar-refractivity contribution >= 4 is 17.7 Å². The second-order valence-corrected chi connectivity index (χ2v) is 5.93. The Morgan fingerprint density at radius 1 is 1.42 bits per heavy atom. The van der Waals surface area contributed by atoms with Crippen LogP contribution in [0, 0.1) is 5.41 Å².